The minimum absolute atomic E-state index is 0.0539. The van der Waals surface area contributed by atoms with Gasteiger partial charge in [0.05, 0.1) is 11.7 Å². The average molecular weight is 216 g/mol. The summed E-state index contributed by atoms with van der Waals surface area (Å²) in [6, 6.07) is 10.2. The van der Waals surface area contributed by atoms with Gasteiger partial charge in [0.1, 0.15) is 0 Å². The zero-order valence-electron chi connectivity index (χ0n) is 9.51. The molecule has 0 spiro atoms. The Morgan fingerprint density at radius 1 is 1.25 bits per heavy atom. The van der Waals surface area contributed by atoms with Crippen molar-refractivity contribution in [2.45, 2.75) is 13.0 Å². The number of aromatic nitrogens is 2. The Labute approximate surface area is 95.1 Å². The molecule has 84 valence electrons. The Morgan fingerprint density at radius 2 is 1.94 bits per heavy atom. The maximum Gasteiger partial charge on any atom is 0.0899 e. The fourth-order valence-corrected chi connectivity index (χ4v) is 1.70. The van der Waals surface area contributed by atoms with Crippen molar-refractivity contribution < 1.29 is 0 Å². The van der Waals surface area contributed by atoms with E-state index in [1.165, 1.54) is 5.56 Å². The minimum Gasteiger partial charge on any atom is -0.275 e. The summed E-state index contributed by atoms with van der Waals surface area (Å²) in [6.07, 6.45) is 1.91. The van der Waals surface area contributed by atoms with E-state index in [2.05, 4.69) is 41.7 Å². The van der Waals surface area contributed by atoms with E-state index in [1.54, 1.807) is 4.68 Å². The van der Waals surface area contributed by atoms with Crippen molar-refractivity contribution in [1.29, 1.82) is 0 Å². The molecule has 1 aromatic heterocycles. The van der Waals surface area contributed by atoms with Gasteiger partial charge in [0.25, 0.3) is 0 Å². The van der Waals surface area contributed by atoms with Crippen LogP contribution in [0.3, 0.4) is 0 Å². The summed E-state index contributed by atoms with van der Waals surface area (Å²) in [5.74, 6) is 5.58. The summed E-state index contributed by atoms with van der Waals surface area (Å²) in [5.41, 5.74) is 6.07. The molecule has 0 bridgehead atoms. The number of hydrazine groups is 1. The van der Waals surface area contributed by atoms with Crippen LogP contribution in [-0.2, 0) is 7.05 Å². The fraction of sp³-hybridized carbons (Fsp3) is 0.250. The van der Waals surface area contributed by atoms with Crippen LogP contribution in [0.15, 0.2) is 36.5 Å². The summed E-state index contributed by atoms with van der Waals surface area (Å²) in [4.78, 5) is 0. The molecule has 0 fully saturated rings. The zero-order chi connectivity index (χ0) is 11.5. The summed E-state index contributed by atoms with van der Waals surface area (Å²) in [6.45, 7) is 2.06. The number of nitrogens with two attached hydrogens (primary N) is 1. The summed E-state index contributed by atoms with van der Waals surface area (Å²) < 4.78 is 1.77. The van der Waals surface area contributed by atoms with Crippen LogP contribution < -0.4 is 11.3 Å². The molecule has 0 saturated carbocycles. The van der Waals surface area contributed by atoms with Crippen LogP contribution in [0.1, 0.15) is 22.9 Å². The van der Waals surface area contributed by atoms with Crippen LogP contribution >= 0.6 is 0 Å². The van der Waals surface area contributed by atoms with Gasteiger partial charge in [-0.05, 0) is 18.6 Å². The van der Waals surface area contributed by atoms with Crippen molar-refractivity contribution in [2.24, 2.45) is 12.9 Å². The van der Waals surface area contributed by atoms with Gasteiger partial charge in [0.2, 0.25) is 0 Å². The van der Waals surface area contributed by atoms with E-state index in [-0.39, 0.29) is 6.04 Å². The van der Waals surface area contributed by atoms with Gasteiger partial charge in [-0.2, -0.15) is 5.10 Å². The van der Waals surface area contributed by atoms with Gasteiger partial charge in [-0.25, -0.2) is 5.43 Å². The van der Waals surface area contributed by atoms with Gasteiger partial charge in [0.15, 0.2) is 0 Å². The number of hydrogen-bond acceptors (Lipinski definition) is 3. The third-order valence-corrected chi connectivity index (χ3v) is 2.61. The predicted molar refractivity (Wildman–Crippen MR) is 63.6 cm³/mol. The highest BCUT2D eigenvalue weighted by Crippen LogP contribution is 2.19. The van der Waals surface area contributed by atoms with Crippen molar-refractivity contribution >= 4 is 0 Å². The van der Waals surface area contributed by atoms with Gasteiger partial charge >= 0.3 is 0 Å². The molecule has 0 radical (unpaired) electrons. The Bertz CT molecular complexity index is 458. The van der Waals surface area contributed by atoms with Crippen LogP contribution in [-0.4, -0.2) is 9.78 Å². The minimum atomic E-state index is -0.0539. The van der Waals surface area contributed by atoms with Crippen LogP contribution in [0.25, 0.3) is 0 Å². The largest absolute Gasteiger partial charge is 0.275 e. The molecule has 1 aromatic carbocycles. The Morgan fingerprint density at radius 3 is 2.44 bits per heavy atom. The van der Waals surface area contributed by atoms with Gasteiger partial charge in [-0.3, -0.25) is 10.5 Å². The lowest BCUT2D eigenvalue weighted by Crippen LogP contribution is -2.29. The van der Waals surface area contributed by atoms with E-state index >= 15 is 0 Å². The van der Waals surface area contributed by atoms with E-state index in [9.17, 15) is 0 Å². The normalized spacial score (nSPS) is 12.7. The topological polar surface area (TPSA) is 55.9 Å². The molecule has 3 N–H and O–H groups in total. The molecule has 0 amide bonds. The van der Waals surface area contributed by atoms with E-state index in [0.29, 0.717) is 0 Å². The lowest BCUT2D eigenvalue weighted by atomic mass is 10.0. The molecule has 1 unspecified atom stereocenters. The first kappa shape index (κ1) is 10.9. The number of aryl methyl sites for hydroxylation is 2. The first-order valence-electron chi connectivity index (χ1n) is 5.23. The zero-order valence-corrected chi connectivity index (χ0v) is 9.51. The quantitative estimate of drug-likeness (QED) is 0.600. The Balaban J connectivity index is 2.32. The lowest BCUT2D eigenvalue weighted by Gasteiger charge is -2.14. The molecule has 2 aromatic rings. The lowest BCUT2D eigenvalue weighted by molar-refractivity contribution is 0.603. The van der Waals surface area contributed by atoms with Crippen molar-refractivity contribution in [3.05, 3.63) is 53.3 Å². The molecule has 2 rings (SSSR count). The summed E-state index contributed by atoms with van der Waals surface area (Å²) >= 11 is 0. The molecule has 16 heavy (non-hydrogen) atoms. The molecule has 1 atom stereocenters. The highest BCUT2D eigenvalue weighted by Gasteiger charge is 2.14. The van der Waals surface area contributed by atoms with Crippen LogP contribution in [0.5, 0.6) is 0 Å². The third-order valence-electron chi connectivity index (χ3n) is 2.61. The standard InChI is InChI=1S/C12H16N4/c1-9-3-5-10(6-4-9)12(14-13)11-7-8-16(2)15-11/h3-8,12,14H,13H2,1-2H3. The molecule has 0 aliphatic carbocycles. The van der Waals surface area contributed by atoms with E-state index in [4.69, 9.17) is 5.84 Å². The Kier molecular flexibility index (Phi) is 3.03. The average Bonchev–Trinajstić information content (AvgIpc) is 2.69. The number of rotatable bonds is 3. The van der Waals surface area contributed by atoms with E-state index in [0.717, 1.165) is 11.3 Å². The SMILES string of the molecule is Cc1ccc(C(NN)c2ccn(C)n2)cc1. The maximum atomic E-state index is 5.58. The van der Waals surface area contributed by atoms with Crippen molar-refractivity contribution in [2.75, 3.05) is 0 Å². The molecular formula is C12H16N4. The fourth-order valence-electron chi connectivity index (χ4n) is 1.70. The summed E-state index contributed by atoms with van der Waals surface area (Å²) in [7, 11) is 1.90. The predicted octanol–water partition coefficient (Wildman–Crippen LogP) is 1.28. The van der Waals surface area contributed by atoms with Gasteiger partial charge < -0.3 is 0 Å². The van der Waals surface area contributed by atoms with Crippen molar-refractivity contribution in [3.63, 3.8) is 0 Å². The highest BCUT2D eigenvalue weighted by molar-refractivity contribution is 5.29. The first-order chi connectivity index (χ1) is 7.70. The number of hydrogen-bond donors (Lipinski definition) is 2. The monoisotopic (exact) mass is 216 g/mol. The molecule has 4 heteroatoms. The number of nitrogens with zero attached hydrogens (tertiary/aromatic N) is 2. The van der Waals surface area contributed by atoms with Crippen LogP contribution in [0.4, 0.5) is 0 Å². The van der Waals surface area contributed by atoms with Gasteiger partial charge in [-0.15, -0.1) is 0 Å². The van der Waals surface area contributed by atoms with Crippen LogP contribution in [0.2, 0.25) is 0 Å². The highest BCUT2D eigenvalue weighted by atomic mass is 15.3. The van der Waals surface area contributed by atoms with E-state index < -0.39 is 0 Å². The molecule has 1 heterocycles. The third kappa shape index (κ3) is 2.13. The van der Waals surface area contributed by atoms with E-state index in [1.807, 2.05) is 19.3 Å². The van der Waals surface area contributed by atoms with Gasteiger partial charge in [-0.1, -0.05) is 29.8 Å². The first-order valence-corrected chi connectivity index (χ1v) is 5.23. The van der Waals surface area contributed by atoms with Crippen LogP contribution in [0, 0.1) is 6.92 Å². The summed E-state index contributed by atoms with van der Waals surface area (Å²) in [5, 5.41) is 4.35. The molecule has 4 nitrogen and oxygen atoms in total. The number of benzene rings is 1. The molecule has 0 aliphatic rings. The molecular weight excluding hydrogens is 200 g/mol. The second-order valence-corrected chi connectivity index (χ2v) is 3.92. The van der Waals surface area contributed by atoms with Crippen molar-refractivity contribution in [3.8, 4) is 0 Å². The smallest absolute Gasteiger partial charge is 0.0899 e. The second-order valence-electron chi connectivity index (χ2n) is 3.92. The van der Waals surface area contributed by atoms with Gasteiger partial charge in [0, 0.05) is 13.2 Å². The second kappa shape index (κ2) is 4.47. The van der Waals surface area contributed by atoms with Crippen molar-refractivity contribution in [1.82, 2.24) is 15.2 Å². The Hall–Kier alpha value is -1.65. The number of nitrogens with one attached hydrogen (secondary N) is 1. The molecule has 0 aliphatic heterocycles. The maximum absolute atomic E-state index is 5.58. The molecule has 0 saturated heterocycles.